The van der Waals surface area contributed by atoms with Crippen molar-refractivity contribution in [3.63, 3.8) is 0 Å². The van der Waals surface area contributed by atoms with Crippen molar-refractivity contribution in [2.24, 2.45) is 0 Å². The Kier molecular flexibility index (Phi) is 4.28. The molecular weight excluding hydrogens is 384 g/mol. The first-order valence-electron chi connectivity index (χ1n) is 6.34. The van der Waals surface area contributed by atoms with E-state index in [0.717, 1.165) is 15.7 Å². The topological polar surface area (TPSA) is 59.1 Å². The summed E-state index contributed by atoms with van der Waals surface area (Å²) in [7, 11) is -3.62. The first-order chi connectivity index (χ1) is 10.5. The molecule has 0 radical (unpaired) electrons. The molecule has 1 N–H and O–H groups in total. The van der Waals surface area contributed by atoms with Gasteiger partial charge in [-0.05, 0) is 24.3 Å². The molecule has 0 fully saturated rings. The Bertz CT molecular complexity index is 875. The first kappa shape index (κ1) is 15.2. The van der Waals surface area contributed by atoms with Crippen LogP contribution in [0.2, 0.25) is 0 Å². The molecule has 0 unspecified atom stereocenters. The third-order valence-corrected chi connectivity index (χ3v) is 5.69. The maximum atomic E-state index is 12.3. The van der Waals surface area contributed by atoms with Crippen LogP contribution in [0.1, 0.15) is 0 Å². The van der Waals surface area contributed by atoms with Gasteiger partial charge in [-0.2, -0.15) is 0 Å². The summed E-state index contributed by atoms with van der Waals surface area (Å²) in [6.45, 7) is 0. The van der Waals surface area contributed by atoms with E-state index in [2.05, 4.69) is 25.6 Å². The van der Waals surface area contributed by atoms with Crippen LogP contribution >= 0.6 is 27.3 Å². The second-order valence-electron chi connectivity index (χ2n) is 4.46. The van der Waals surface area contributed by atoms with Crippen molar-refractivity contribution in [1.29, 1.82) is 0 Å². The average molecular weight is 395 g/mol. The number of halogens is 1. The molecule has 3 aromatic rings. The number of benzene rings is 2. The van der Waals surface area contributed by atoms with Gasteiger partial charge in [-0.3, -0.25) is 4.72 Å². The molecule has 0 saturated carbocycles. The largest absolute Gasteiger partial charge is 0.263 e. The number of hydrogen-bond acceptors (Lipinski definition) is 4. The van der Waals surface area contributed by atoms with Gasteiger partial charge in [-0.1, -0.05) is 46.3 Å². The van der Waals surface area contributed by atoms with Gasteiger partial charge in [-0.15, -0.1) is 11.3 Å². The lowest BCUT2D eigenvalue weighted by Gasteiger charge is -2.05. The van der Waals surface area contributed by atoms with E-state index in [1.54, 1.807) is 12.1 Å². The van der Waals surface area contributed by atoms with Gasteiger partial charge >= 0.3 is 0 Å². The zero-order valence-corrected chi connectivity index (χ0v) is 14.5. The fraction of sp³-hybridized carbons (Fsp3) is 0. The predicted octanol–water partition coefficient (Wildman–Crippen LogP) is 4.37. The predicted molar refractivity (Wildman–Crippen MR) is 92.5 cm³/mol. The maximum absolute atomic E-state index is 12.3. The monoisotopic (exact) mass is 394 g/mol. The van der Waals surface area contributed by atoms with E-state index in [4.69, 9.17) is 0 Å². The quantitative estimate of drug-likeness (QED) is 0.714. The highest BCUT2D eigenvalue weighted by Gasteiger charge is 2.16. The molecule has 1 aromatic heterocycles. The highest BCUT2D eigenvalue weighted by molar-refractivity contribution is 9.10. The SMILES string of the molecule is O=S(=O)(Nc1nc(-c2ccccc2)cs1)c1ccc(Br)cc1. The van der Waals surface area contributed by atoms with Gasteiger partial charge in [0.15, 0.2) is 5.13 Å². The second-order valence-corrected chi connectivity index (χ2v) is 7.92. The fourth-order valence-corrected chi connectivity index (χ4v) is 4.09. The molecule has 0 saturated heterocycles. The van der Waals surface area contributed by atoms with Crippen molar-refractivity contribution in [2.45, 2.75) is 4.90 Å². The molecule has 2 aromatic carbocycles. The molecule has 0 spiro atoms. The number of nitrogens with zero attached hydrogens (tertiary/aromatic N) is 1. The summed E-state index contributed by atoms with van der Waals surface area (Å²) in [4.78, 5) is 4.53. The number of anilines is 1. The van der Waals surface area contributed by atoms with Crippen molar-refractivity contribution in [3.8, 4) is 11.3 Å². The van der Waals surface area contributed by atoms with E-state index in [-0.39, 0.29) is 4.90 Å². The van der Waals surface area contributed by atoms with Gasteiger partial charge in [0.1, 0.15) is 0 Å². The highest BCUT2D eigenvalue weighted by Crippen LogP contribution is 2.26. The molecule has 0 bridgehead atoms. The third kappa shape index (κ3) is 3.37. The van der Waals surface area contributed by atoms with Crippen LogP contribution in [-0.2, 0) is 10.0 Å². The zero-order valence-electron chi connectivity index (χ0n) is 11.2. The number of thiazole rings is 1. The number of nitrogens with one attached hydrogen (secondary N) is 1. The number of hydrogen-bond donors (Lipinski definition) is 1. The first-order valence-corrected chi connectivity index (χ1v) is 9.49. The number of aromatic nitrogens is 1. The molecule has 1 heterocycles. The zero-order chi connectivity index (χ0) is 15.6. The minimum Gasteiger partial charge on any atom is -0.255 e. The fourth-order valence-electron chi connectivity index (χ4n) is 1.85. The smallest absolute Gasteiger partial charge is 0.255 e. The van der Waals surface area contributed by atoms with Gasteiger partial charge in [0.25, 0.3) is 10.0 Å². The van der Waals surface area contributed by atoms with Crippen LogP contribution < -0.4 is 4.72 Å². The Morgan fingerprint density at radius 3 is 2.36 bits per heavy atom. The lowest BCUT2D eigenvalue weighted by atomic mass is 10.2. The lowest BCUT2D eigenvalue weighted by molar-refractivity contribution is 0.601. The molecule has 0 atom stereocenters. The molecular formula is C15H11BrN2O2S2. The van der Waals surface area contributed by atoms with Gasteiger partial charge in [-0.25, -0.2) is 13.4 Å². The van der Waals surface area contributed by atoms with Crippen LogP contribution in [0.25, 0.3) is 11.3 Å². The van der Waals surface area contributed by atoms with Crippen LogP contribution in [0.4, 0.5) is 5.13 Å². The Hall–Kier alpha value is -1.70. The molecule has 0 aliphatic carbocycles. The van der Waals surface area contributed by atoms with Crippen molar-refractivity contribution < 1.29 is 8.42 Å². The van der Waals surface area contributed by atoms with Crippen molar-refractivity contribution in [2.75, 3.05) is 4.72 Å². The van der Waals surface area contributed by atoms with E-state index in [9.17, 15) is 8.42 Å². The Morgan fingerprint density at radius 2 is 1.68 bits per heavy atom. The Balaban J connectivity index is 1.84. The normalized spacial score (nSPS) is 11.3. The highest BCUT2D eigenvalue weighted by atomic mass is 79.9. The second kappa shape index (κ2) is 6.20. The van der Waals surface area contributed by atoms with Crippen LogP contribution in [0.5, 0.6) is 0 Å². The van der Waals surface area contributed by atoms with Crippen LogP contribution in [-0.4, -0.2) is 13.4 Å². The Morgan fingerprint density at radius 1 is 1.00 bits per heavy atom. The molecule has 3 rings (SSSR count). The summed E-state index contributed by atoms with van der Waals surface area (Å²) in [5.41, 5.74) is 1.70. The Labute approximate surface area is 141 Å². The van der Waals surface area contributed by atoms with Crippen LogP contribution in [0, 0.1) is 0 Å². The summed E-state index contributed by atoms with van der Waals surface area (Å²) in [6, 6.07) is 16.1. The molecule has 112 valence electrons. The standard InChI is InChI=1S/C15H11BrN2O2S2/c16-12-6-8-13(9-7-12)22(19,20)18-15-17-14(10-21-15)11-4-2-1-3-5-11/h1-10H,(H,17,18). The molecule has 0 amide bonds. The molecule has 0 aliphatic heterocycles. The molecule has 22 heavy (non-hydrogen) atoms. The van der Waals surface area contributed by atoms with E-state index < -0.39 is 10.0 Å². The summed E-state index contributed by atoms with van der Waals surface area (Å²) < 4.78 is 27.9. The summed E-state index contributed by atoms with van der Waals surface area (Å²) in [5.74, 6) is 0. The lowest BCUT2D eigenvalue weighted by Crippen LogP contribution is -2.12. The molecule has 7 heteroatoms. The summed E-state index contributed by atoms with van der Waals surface area (Å²) in [6.07, 6.45) is 0. The van der Waals surface area contributed by atoms with Crippen LogP contribution in [0.15, 0.2) is 69.3 Å². The minimum atomic E-state index is -3.62. The van der Waals surface area contributed by atoms with Gasteiger partial charge in [0.2, 0.25) is 0 Å². The average Bonchev–Trinajstić information content (AvgIpc) is 2.96. The third-order valence-electron chi connectivity index (χ3n) is 2.92. The minimum absolute atomic E-state index is 0.201. The van der Waals surface area contributed by atoms with Gasteiger partial charge in [0.05, 0.1) is 10.6 Å². The summed E-state index contributed by atoms with van der Waals surface area (Å²) >= 11 is 4.54. The molecule has 4 nitrogen and oxygen atoms in total. The van der Waals surface area contributed by atoms with E-state index in [1.807, 2.05) is 35.7 Å². The van der Waals surface area contributed by atoms with Crippen molar-refractivity contribution in [1.82, 2.24) is 4.98 Å². The maximum Gasteiger partial charge on any atom is 0.263 e. The number of sulfonamides is 1. The van der Waals surface area contributed by atoms with Crippen molar-refractivity contribution in [3.05, 3.63) is 64.5 Å². The van der Waals surface area contributed by atoms with Gasteiger partial charge in [0, 0.05) is 15.4 Å². The summed E-state index contributed by atoms with van der Waals surface area (Å²) in [5, 5.41) is 2.18. The van der Waals surface area contributed by atoms with E-state index in [0.29, 0.717) is 5.13 Å². The van der Waals surface area contributed by atoms with Gasteiger partial charge < -0.3 is 0 Å². The van der Waals surface area contributed by atoms with E-state index >= 15 is 0 Å². The van der Waals surface area contributed by atoms with Crippen LogP contribution in [0.3, 0.4) is 0 Å². The molecule has 0 aliphatic rings. The van der Waals surface area contributed by atoms with Crippen molar-refractivity contribution >= 4 is 42.4 Å². The number of rotatable bonds is 4. The van der Waals surface area contributed by atoms with E-state index in [1.165, 1.54) is 23.5 Å².